The molecule has 0 unspecified atom stereocenters. The van der Waals surface area contributed by atoms with E-state index in [1.165, 1.54) is 4.90 Å². The summed E-state index contributed by atoms with van der Waals surface area (Å²) in [5.41, 5.74) is 1.62. The third-order valence-electron chi connectivity index (χ3n) is 4.78. The van der Waals surface area contributed by atoms with Crippen molar-refractivity contribution in [1.82, 2.24) is 9.80 Å². The van der Waals surface area contributed by atoms with Crippen LogP contribution in [0.5, 0.6) is 0 Å². The molecule has 0 saturated heterocycles. The Morgan fingerprint density at radius 3 is 2.29 bits per heavy atom. The molecular formula is C24H26ClN3O3. The third-order valence-corrected chi connectivity index (χ3v) is 5.03. The maximum absolute atomic E-state index is 13.2. The highest BCUT2D eigenvalue weighted by Gasteiger charge is 2.24. The Bertz CT molecular complexity index is 973. The largest absolute Gasteiger partial charge is 0.467 e. The first-order valence-electron chi connectivity index (χ1n) is 10.1. The monoisotopic (exact) mass is 439 g/mol. The van der Waals surface area contributed by atoms with Crippen LogP contribution >= 0.6 is 11.6 Å². The van der Waals surface area contributed by atoms with Crippen molar-refractivity contribution in [2.45, 2.75) is 33.0 Å². The van der Waals surface area contributed by atoms with E-state index in [0.29, 0.717) is 29.6 Å². The number of anilines is 1. The fourth-order valence-electron chi connectivity index (χ4n) is 3.09. The highest BCUT2D eigenvalue weighted by atomic mass is 35.5. The zero-order valence-corrected chi connectivity index (χ0v) is 18.4. The molecule has 3 aromatic rings. The van der Waals surface area contributed by atoms with E-state index in [1.54, 1.807) is 41.5 Å². The number of benzene rings is 2. The predicted octanol–water partition coefficient (Wildman–Crippen LogP) is 5.40. The van der Waals surface area contributed by atoms with Gasteiger partial charge in [-0.15, -0.1) is 0 Å². The van der Waals surface area contributed by atoms with Crippen LogP contribution in [0.3, 0.4) is 0 Å². The van der Waals surface area contributed by atoms with Crippen molar-refractivity contribution in [3.8, 4) is 0 Å². The molecule has 2 aromatic carbocycles. The Balaban J connectivity index is 1.73. The van der Waals surface area contributed by atoms with Gasteiger partial charge < -0.3 is 19.5 Å². The molecule has 162 valence electrons. The smallest absolute Gasteiger partial charge is 0.322 e. The molecule has 31 heavy (non-hydrogen) atoms. The second-order valence-electron chi connectivity index (χ2n) is 7.47. The van der Waals surface area contributed by atoms with Crippen LogP contribution in [0.2, 0.25) is 5.02 Å². The molecule has 1 N–H and O–H groups in total. The van der Waals surface area contributed by atoms with E-state index in [9.17, 15) is 9.59 Å². The van der Waals surface area contributed by atoms with Gasteiger partial charge in [0.2, 0.25) is 5.91 Å². The molecule has 1 aromatic heterocycles. The minimum absolute atomic E-state index is 0.0510. The molecule has 3 rings (SSSR count). The highest BCUT2D eigenvalue weighted by molar-refractivity contribution is 6.30. The molecule has 0 saturated carbocycles. The van der Waals surface area contributed by atoms with Crippen LogP contribution in [-0.2, 0) is 17.9 Å². The van der Waals surface area contributed by atoms with E-state index in [1.807, 2.05) is 50.2 Å². The zero-order valence-electron chi connectivity index (χ0n) is 17.6. The predicted molar refractivity (Wildman–Crippen MR) is 122 cm³/mol. The summed E-state index contributed by atoms with van der Waals surface area (Å²) in [4.78, 5) is 29.3. The normalized spacial score (nSPS) is 10.7. The molecule has 0 radical (unpaired) electrons. The van der Waals surface area contributed by atoms with Gasteiger partial charge in [-0.1, -0.05) is 41.9 Å². The lowest BCUT2D eigenvalue weighted by atomic mass is 10.2. The standard InChI is InChI=1S/C24H26ClN3O3/c1-18(2)28(24(30)26-21-12-10-20(25)11-13-21)17-23(29)27(16-22-9-6-14-31-22)15-19-7-4-3-5-8-19/h3-14,18H,15-17H2,1-2H3,(H,26,30). The Morgan fingerprint density at radius 2 is 1.68 bits per heavy atom. The summed E-state index contributed by atoms with van der Waals surface area (Å²) < 4.78 is 5.44. The molecular weight excluding hydrogens is 414 g/mol. The number of hydrogen-bond acceptors (Lipinski definition) is 3. The quantitative estimate of drug-likeness (QED) is 0.510. The number of carbonyl (C=O) groups excluding carboxylic acids is 2. The number of nitrogens with one attached hydrogen (secondary N) is 1. The van der Waals surface area contributed by atoms with E-state index in [2.05, 4.69) is 5.32 Å². The van der Waals surface area contributed by atoms with Crippen LogP contribution in [0.25, 0.3) is 0 Å². The topological polar surface area (TPSA) is 65.8 Å². The number of amides is 3. The van der Waals surface area contributed by atoms with Gasteiger partial charge in [-0.25, -0.2) is 4.79 Å². The lowest BCUT2D eigenvalue weighted by molar-refractivity contribution is -0.133. The van der Waals surface area contributed by atoms with Crippen LogP contribution < -0.4 is 5.32 Å². The van der Waals surface area contributed by atoms with Crippen molar-refractivity contribution in [3.63, 3.8) is 0 Å². The Labute approximate surface area is 187 Å². The lowest BCUT2D eigenvalue weighted by Crippen LogP contribution is -2.47. The van der Waals surface area contributed by atoms with Crippen LogP contribution in [0.1, 0.15) is 25.2 Å². The number of furan rings is 1. The van der Waals surface area contributed by atoms with Gasteiger partial charge in [0.05, 0.1) is 12.8 Å². The van der Waals surface area contributed by atoms with Gasteiger partial charge in [0.15, 0.2) is 0 Å². The first-order valence-corrected chi connectivity index (χ1v) is 10.5. The van der Waals surface area contributed by atoms with Crippen molar-refractivity contribution in [2.24, 2.45) is 0 Å². The van der Waals surface area contributed by atoms with Crippen LogP contribution in [0, 0.1) is 0 Å². The summed E-state index contributed by atoms with van der Waals surface area (Å²) >= 11 is 5.91. The molecule has 6 nitrogen and oxygen atoms in total. The number of urea groups is 1. The van der Waals surface area contributed by atoms with Gasteiger partial charge >= 0.3 is 6.03 Å². The van der Waals surface area contributed by atoms with Gasteiger partial charge in [-0.2, -0.15) is 0 Å². The first-order chi connectivity index (χ1) is 14.9. The summed E-state index contributed by atoms with van der Waals surface area (Å²) in [5.74, 6) is 0.520. The van der Waals surface area contributed by atoms with Crippen molar-refractivity contribution < 1.29 is 14.0 Å². The average molecular weight is 440 g/mol. The van der Waals surface area contributed by atoms with Gasteiger partial charge in [-0.3, -0.25) is 4.79 Å². The third kappa shape index (κ3) is 6.62. The van der Waals surface area contributed by atoms with Gasteiger partial charge in [0.25, 0.3) is 0 Å². The van der Waals surface area contributed by atoms with E-state index in [0.717, 1.165) is 5.56 Å². The Morgan fingerprint density at radius 1 is 0.968 bits per heavy atom. The van der Waals surface area contributed by atoms with Crippen molar-refractivity contribution in [1.29, 1.82) is 0 Å². The SMILES string of the molecule is CC(C)N(CC(=O)N(Cc1ccccc1)Cc1ccco1)C(=O)Nc1ccc(Cl)cc1. The number of rotatable bonds is 8. The number of halogens is 1. The van der Waals surface area contributed by atoms with Gasteiger partial charge in [-0.05, 0) is 55.8 Å². The second-order valence-corrected chi connectivity index (χ2v) is 7.91. The van der Waals surface area contributed by atoms with E-state index >= 15 is 0 Å². The van der Waals surface area contributed by atoms with Crippen molar-refractivity contribution in [2.75, 3.05) is 11.9 Å². The molecule has 7 heteroatoms. The van der Waals surface area contributed by atoms with E-state index in [-0.39, 0.29) is 24.5 Å². The van der Waals surface area contributed by atoms with Crippen molar-refractivity contribution >= 4 is 29.2 Å². The van der Waals surface area contributed by atoms with Gasteiger partial charge in [0.1, 0.15) is 12.3 Å². The van der Waals surface area contributed by atoms with E-state index < -0.39 is 0 Å². The molecule has 3 amide bonds. The summed E-state index contributed by atoms with van der Waals surface area (Å²) in [5, 5.41) is 3.42. The zero-order chi connectivity index (χ0) is 22.2. The first kappa shape index (κ1) is 22.4. The minimum Gasteiger partial charge on any atom is -0.467 e. The molecule has 0 atom stereocenters. The highest BCUT2D eigenvalue weighted by Crippen LogP contribution is 2.16. The number of carbonyl (C=O) groups is 2. The second kappa shape index (κ2) is 10.7. The van der Waals surface area contributed by atoms with Gasteiger partial charge in [0, 0.05) is 23.3 Å². The summed E-state index contributed by atoms with van der Waals surface area (Å²) in [7, 11) is 0. The van der Waals surface area contributed by atoms with Crippen molar-refractivity contribution in [3.05, 3.63) is 89.3 Å². The molecule has 1 heterocycles. The molecule has 0 fully saturated rings. The van der Waals surface area contributed by atoms with Crippen LogP contribution in [0.4, 0.5) is 10.5 Å². The Hall–Kier alpha value is -3.25. The molecule has 0 bridgehead atoms. The van der Waals surface area contributed by atoms with E-state index in [4.69, 9.17) is 16.0 Å². The fourth-order valence-corrected chi connectivity index (χ4v) is 3.22. The van der Waals surface area contributed by atoms with Crippen LogP contribution in [0.15, 0.2) is 77.4 Å². The molecule has 0 aliphatic heterocycles. The van der Waals surface area contributed by atoms with Crippen LogP contribution in [-0.4, -0.2) is 34.3 Å². The summed E-state index contributed by atoms with van der Waals surface area (Å²) in [6.45, 7) is 4.45. The summed E-state index contributed by atoms with van der Waals surface area (Å²) in [6.07, 6.45) is 1.58. The summed E-state index contributed by atoms with van der Waals surface area (Å²) in [6, 6.07) is 19.7. The molecule has 0 spiro atoms. The number of hydrogen-bond donors (Lipinski definition) is 1. The average Bonchev–Trinajstić information content (AvgIpc) is 3.26. The molecule has 0 aliphatic rings. The lowest BCUT2D eigenvalue weighted by Gasteiger charge is -2.30. The number of nitrogens with zero attached hydrogens (tertiary/aromatic N) is 2. The maximum atomic E-state index is 13.2. The fraction of sp³-hybridized carbons (Fsp3) is 0.250. The Kier molecular flexibility index (Phi) is 7.73. The molecule has 0 aliphatic carbocycles. The minimum atomic E-state index is -0.344. The maximum Gasteiger partial charge on any atom is 0.322 e.